The lowest BCUT2D eigenvalue weighted by molar-refractivity contribution is -0.153. The third-order valence-corrected chi connectivity index (χ3v) is 3.86. The van der Waals surface area contributed by atoms with Crippen LogP contribution in [0, 0.1) is 0 Å². The Morgan fingerprint density at radius 3 is 2.35 bits per heavy atom. The van der Waals surface area contributed by atoms with Gasteiger partial charge in [-0.15, -0.1) is 0 Å². The van der Waals surface area contributed by atoms with Crippen LogP contribution in [0.2, 0.25) is 0 Å². The van der Waals surface area contributed by atoms with E-state index in [2.05, 4.69) is 20.8 Å². The molecule has 0 N–H and O–H groups in total. The van der Waals surface area contributed by atoms with Crippen molar-refractivity contribution in [3.05, 3.63) is 30.3 Å². The first kappa shape index (κ1) is 17.3. The summed E-state index contributed by atoms with van der Waals surface area (Å²) in [5, 5.41) is 0.636. The average molecular weight is 298 g/mol. The average Bonchev–Trinajstić information content (AvgIpc) is 2.42. The predicted octanol–water partition coefficient (Wildman–Crippen LogP) is 3.97. The number of hydrogen-bond donors (Lipinski definition) is 0. The second-order valence-corrected chi connectivity index (χ2v) is 6.54. The van der Waals surface area contributed by atoms with E-state index in [0.717, 1.165) is 11.5 Å². The molecule has 2 unspecified atom stereocenters. The maximum absolute atomic E-state index is 5.75. The van der Waals surface area contributed by atoms with E-state index in [1.54, 1.807) is 0 Å². The number of para-hydroxylation sites is 1. The zero-order chi connectivity index (χ0) is 14.8. The summed E-state index contributed by atoms with van der Waals surface area (Å²) in [6.45, 7) is 9.46. The molecule has 0 heterocycles. The molecule has 0 radical (unpaired) electrons. The molecule has 3 nitrogen and oxygen atoms in total. The van der Waals surface area contributed by atoms with E-state index in [0.29, 0.717) is 18.5 Å². The molecule has 0 bridgehead atoms. The minimum absolute atomic E-state index is 0.197. The van der Waals surface area contributed by atoms with E-state index >= 15 is 0 Å². The number of ether oxygens (including phenoxy) is 3. The molecule has 0 fully saturated rings. The quantitative estimate of drug-likeness (QED) is 0.482. The first-order valence-corrected chi connectivity index (χ1v) is 8.19. The van der Waals surface area contributed by atoms with E-state index in [9.17, 15) is 0 Å². The molecule has 0 aliphatic rings. The van der Waals surface area contributed by atoms with Gasteiger partial charge in [-0.25, -0.2) is 0 Å². The van der Waals surface area contributed by atoms with Gasteiger partial charge in [-0.05, 0) is 31.2 Å². The maximum atomic E-state index is 5.75. The molecule has 1 aromatic carbocycles. The summed E-state index contributed by atoms with van der Waals surface area (Å²) in [4.78, 5) is 0. The Morgan fingerprint density at radius 2 is 1.70 bits per heavy atom. The van der Waals surface area contributed by atoms with Crippen LogP contribution in [-0.2, 0) is 9.47 Å². The monoisotopic (exact) mass is 298 g/mol. The van der Waals surface area contributed by atoms with Gasteiger partial charge in [-0.2, -0.15) is 11.8 Å². The molecule has 0 amide bonds. The molecule has 0 aromatic heterocycles. The second-order valence-electron chi connectivity index (χ2n) is 4.93. The lowest BCUT2D eigenvalue weighted by Gasteiger charge is -2.20. The van der Waals surface area contributed by atoms with Gasteiger partial charge in [0.05, 0.1) is 12.7 Å². The van der Waals surface area contributed by atoms with E-state index in [-0.39, 0.29) is 12.4 Å². The van der Waals surface area contributed by atoms with E-state index in [4.69, 9.17) is 14.2 Å². The zero-order valence-electron chi connectivity index (χ0n) is 12.9. The van der Waals surface area contributed by atoms with Crippen molar-refractivity contribution in [1.82, 2.24) is 0 Å². The van der Waals surface area contributed by atoms with Gasteiger partial charge < -0.3 is 14.2 Å². The van der Waals surface area contributed by atoms with Crippen LogP contribution in [0.3, 0.4) is 0 Å². The highest BCUT2D eigenvalue weighted by Crippen LogP contribution is 2.13. The van der Waals surface area contributed by atoms with Gasteiger partial charge >= 0.3 is 0 Å². The van der Waals surface area contributed by atoms with Gasteiger partial charge in [0.25, 0.3) is 0 Å². The highest BCUT2D eigenvalue weighted by molar-refractivity contribution is 7.99. The highest BCUT2D eigenvalue weighted by atomic mass is 32.2. The Kier molecular flexibility index (Phi) is 8.74. The van der Waals surface area contributed by atoms with Crippen LogP contribution in [0.1, 0.15) is 27.7 Å². The van der Waals surface area contributed by atoms with Gasteiger partial charge in [0, 0.05) is 5.75 Å². The Labute approximate surface area is 127 Å². The van der Waals surface area contributed by atoms with Crippen LogP contribution < -0.4 is 4.74 Å². The number of rotatable bonds is 10. The van der Waals surface area contributed by atoms with Crippen molar-refractivity contribution in [2.75, 3.05) is 19.0 Å². The molecular weight excluding hydrogens is 272 g/mol. The minimum Gasteiger partial charge on any atom is -0.491 e. The van der Waals surface area contributed by atoms with Crippen molar-refractivity contribution in [3.8, 4) is 5.75 Å². The molecule has 1 aromatic rings. The molecule has 0 aliphatic carbocycles. The Morgan fingerprint density at radius 1 is 1.00 bits per heavy atom. The summed E-state index contributed by atoms with van der Waals surface area (Å²) >= 11 is 1.90. The van der Waals surface area contributed by atoms with Crippen LogP contribution >= 0.6 is 11.8 Å². The molecule has 0 aliphatic heterocycles. The summed E-state index contributed by atoms with van der Waals surface area (Å²) in [5.74, 6) is 1.86. The summed E-state index contributed by atoms with van der Waals surface area (Å²) in [6, 6.07) is 9.75. The summed E-state index contributed by atoms with van der Waals surface area (Å²) in [7, 11) is 0. The van der Waals surface area contributed by atoms with Crippen molar-refractivity contribution < 1.29 is 14.2 Å². The molecule has 2 atom stereocenters. The normalized spacial score (nSPS) is 14.2. The van der Waals surface area contributed by atoms with Gasteiger partial charge in [0.15, 0.2) is 6.29 Å². The van der Waals surface area contributed by atoms with Crippen molar-refractivity contribution >= 4 is 11.8 Å². The lowest BCUT2D eigenvalue weighted by Crippen LogP contribution is -2.24. The fourth-order valence-electron chi connectivity index (χ4n) is 1.62. The summed E-state index contributed by atoms with van der Waals surface area (Å²) < 4.78 is 16.9. The Hall–Kier alpha value is -0.710. The topological polar surface area (TPSA) is 27.7 Å². The number of benzene rings is 1. The second kappa shape index (κ2) is 10.1. The van der Waals surface area contributed by atoms with Gasteiger partial charge in [0.2, 0.25) is 0 Å². The fourth-order valence-corrected chi connectivity index (χ4v) is 2.36. The van der Waals surface area contributed by atoms with Crippen molar-refractivity contribution in [2.45, 2.75) is 45.3 Å². The predicted molar refractivity (Wildman–Crippen MR) is 85.5 cm³/mol. The van der Waals surface area contributed by atoms with E-state index in [1.165, 1.54) is 0 Å². The molecule has 114 valence electrons. The zero-order valence-corrected chi connectivity index (χ0v) is 13.7. The third kappa shape index (κ3) is 8.46. The molecule has 20 heavy (non-hydrogen) atoms. The van der Waals surface area contributed by atoms with Crippen LogP contribution in [-0.4, -0.2) is 36.6 Å². The van der Waals surface area contributed by atoms with Crippen LogP contribution in [0.5, 0.6) is 5.75 Å². The molecule has 4 heteroatoms. The third-order valence-electron chi connectivity index (χ3n) is 2.54. The van der Waals surface area contributed by atoms with Crippen LogP contribution in [0.15, 0.2) is 30.3 Å². The first-order valence-electron chi connectivity index (χ1n) is 7.14. The first-order chi connectivity index (χ1) is 9.58. The molecule has 0 saturated carbocycles. The maximum Gasteiger partial charge on any atom is 0.155 e. The molecular formula is C16H26O3S. The summed E-state index contributed by atoms with van der Waals surface area (Å²) in [6.07, 6.45) is 0.00424. The van der Waals surface area contributed by atoms with Gasteiger partial charge in [-0.1, -0.05) is 32.0 Å². The smallest absolute Gasteiger partial charge is 0.155 e. The number of hydrogen-bond acceptors (Lipinski definition) is 4. The van der Waals surface area contributed by atoms with Crippen LogP contribution in [0.4, 0.5) is 0 Å². The van der Waals surface area contributed by atoms with Crippen LogP contribution in [0.25, 0.3) is 0 Å². The van der Waals surface area contributed by atoms with E-state index < -0.39 is 0 Å². The SMILES string of the molecule is CC(CSC(C)C)OC(C)OCCOc1ccccc1. The van der Waals surface area contributed by atoms with Crippen molar-refractivity contribution in [1.29, 1.82) is 0 Å². The Balaban J connectivity index is 2.06. The Bertz CT molecular complexity index is 343. The summed E-state index contributed by atoms with van der Waals surface area (Å²) in [5.41, 5.74) is 0. The molecule has 0 spiro atoms. The molecule has 0 saturated heterocycles. The standard InChI is InChI=1S/C16H26O3S/c1-13(2)20-12-14(3)19-15(4)17-10-11-18-16-8-6-5-7-9-16/h5-9,13-15H,10-12H2,1-4H3. The highest BCUT2D eigenvalue weighted by Gasteiger charge is 2.09. The van der Waals surface area contributed by atoms with Crippen molar-refractivity contribution in [2.24, 2.45) is 0 Å². The van der Waals surface area contributed by atoms with Gasteiger partial charge in [0.1, 0.15) is 12.4 Å². The van der Waals surface area contributed by atoms with Crippen molar-refractivity contribution in [3.63, 3.8) is 0 Å². The number of thioether (sulfide) groups is 1. The minimum atomic E-state index is -0.197. The largest absolute Gasteiger partial charge is 0.491 e. The van der Waals surface area contributed by atoms with Gasteiger partial charge in [-0.3, -0.25) is 0 Å². The lowest BCUT2D eigenvalue weighted by atomic mass is 10.3. The van der Waals surface area contributed by atoms with E-state index in [1.807, 2.05) is 49.0 Å². The fraction of sp³-hybridized carbons (Fsp3) is 0.625. The molecule has 1 rings (SSSR count).